The minimum Gasteiger partial charge on any atom is -0.454 e. The Hall–Kier alpha value is -2.94. The summed E-state index contributed by atoms with van der Waals surface area (Å²) < 4.78 is 38.7. The molecule has 1 aliphatic heterocycles. The first-order valence-electron chi connectivity index (χ1n) is 9.63. The minimum absolute atomic E-state index is 0.259. The van der Waals surface area contributed by atoms with Crippen LogP contribution in [0.2, 0.25) is 0 Å². The molecule has 0 amide bonds. The summed E-state index contributed by atoms with van der Waals surface area (Å²) in [5.41, 5.74) is 2.16. The van der Waals surface area contributed by atoms with E-state index in [1.54, 1.807) is 30.6 Å². The van der Waals surface area contributed by atoms with Crippen molar-refractivity contribution in [2.24, 2.45) is 0 Å². The van der Waals surface area contributed by atoms with Gasteiger partial charge in [-0.3, -0.25) is 4.98 Å². The fourth-order valence-electron chi connectivity index (χ4n) is 3.30. The Morgan fingerprint density at radius 3 is 2.90 bits per heavy atom. The van der Waals surface area contributed by atoms with Gasteiger partial charge in [0.1, 0.15) is 0 Å². The molecule has 1 aliphatic rings. The average molecular weight is 426 g/mol. The number of rotatable bonds is 8. The number of sulfonamides is 1. The molecule has 0 atom stereocenters. The molecule has 2 heterocycles. The first kappa shape index (κ1) is 20.3. The number of nitrogens with zero attached hydrogens (tertiary/aromatic N) is 1. The van der Waals surface area contributed by atoms with E-state index in [2.05, 4.69) is 21.1 Å². The second-order valence-electron chi connectivity index (χ2n) is 7.03. The molecule has 0 radical (unpaired) electrons. The third-order valence-electron chi connectivity index (χ3n) is 4.74. The molecule has 0 saturated heterocycles. The lowest BCUT2D eigenvalue weighted by atomic mass is 10.1. The van der Waals surface area contributed by atoms with Gasteiger partial charge in [0.2, 0.25) is 16.8 Å². The molecule has 3 aromatic rings. The molecule has 0 saturated carbocycles. The lowest BCUT2D eigenvalue weighted by molar-refractivity contribution is 0.174. The first-order chi connectivity index (χ1) is 14.5. The van der Waals surface area contributed by atoms with Crippen LogP contribution in [-0.2, 0) is 10.0 Å². The Kier molecular flexibility index (Phi) is 5.98. The van der Waals surface area contributed by atoms with Gasteiger partial charge in [0.25, 0.3) is 0 Å². The molecule has 8 heteroatoms. The summed E-state index contributed by atoms with van der Waals surface area (Å²) in [6, 6.07) is 12.7. The average Bonchev–Trinajstić information content (AvgIpc) is 3.21. The smallest absolute Gasteiger partial charge is 0.241 e. The van der Waals surface area contributed by atoms with Crippen LogP contribution in [0, 0.1) is 0 Å². The highest BCUT2D eigenvalue weighted by molar-refractivity contribution is 7.89. The molecule has 0 bridgehead atoms. The maximum Gasteiger partial charge on any atom is 0.241 e. The van der Waals surface area contributed by atoms with Gasteiger partial charge in [0, 0.05) is 42.8 Å². The lowest BCUT2D eigenvalue weighted by Gasteiger charge is -2.10. The van der Waals surface area contributed by atoms with Gasteiger partial charge in [0.15, 0.2) is 11.5 Å². The zero-order chi connectivity index (χ0) is 21.0. The second-order valence-corrected chi connectivity index (χ2v) is 8.77. The van der Waals surface area contributed by atoms with Gasteiger partial charge in [-0.15, -0.1) is 0 Å². The maximum absolute atomic E-state index is 12.7. The van der Waals surface area contributed by atoms with Crippen molar-refractivity contribution in [2.45, 2.75) is 11.8 Å². The summed E-state index contributed by atoms with van der Waals surface area (Å²) in [7, 11) is -3.60. The predicted octanol–water partition coefficient (Wildman–Crippen LogP) is 2.93. The van der Waals surface area contributed by atoms with E-state index in [4.69, 9.17) is 9.47 Å². The van der Waals surface area contributed by atoms with Gasteiger partial charge >= 0.3 is 0 Å². The molecule has 2 N–H and O–H groups in total. The Labute approximate surface area is 175 Å². The number of fused-ring (bicyclic) bond motifs is 2. The van der Waals surface area contributed by atoms with E-state index < -0.39 is 10.0 Å². The van der Waals surface area contributed by atoms with Gasteiger partial charge in [0.05, 0.1) is 4.90 Å². The molecule has 156 valence electrons. The highest BCUT2D eigenvalue weighted by atomic mass is 32.2. The van der Waals surface area contributed by atoms with E-state index in [-0.39, 0.29) is 11.7 Å². The van der Waals surface area contributed by atoms with Gasteiger partial charge < -0.3 is 14.8 Å². The van der Waals surface area contributed by atoms with Crippen LogP contribution >= 0.6 is 0 Å². The Bertz CT molecular complexity index is 1190. The van der Waals surface area contributed by atoms with Crippen LogP contribution in [0.3, 0.4) is 0 Å². The molecule has 30 heavy (non-hydrogen) atoms. The SMILES string of the molecule is CC(=Cc1ccc2c(c1)OCO2)CNCCNS(=O)(=O)c1cccc2cnccc12. The molecule has 7 nitrogen and oxygen atoms in total. The third-order valence-corrected chi connectivity index (χ3v) is 6.26. The van der Waals surface area contributed by atoms with Gasteiger partial charge in [-0.1, -0.05) is 29.8 Å². The molecule has 0 spiro atoms. The van der Waals surface area contributed by atoms with Crippen molar-refractivity contribution < 1.29 is 17.9 Å². The number of hydrogen-bond donors (Lipinski definition) is 2. The van der Waals surface area contributed by atoms with Crippen molar-refractivity contribution in [2.75, 3.05) is 26.4 Å². The molecular formula is C22H23N3O4S. The second kappa shape index (κ2) is 8.83. The van der Waals surface area contributed by atoms with Crippen molar-refractivity contribution in [1.82, 2.24) is 15.0 Å². The van der Waals surface area contributed by atoms with Crippen LogP contribution in [0.5, 0.6) is 11.5 Å². The number of benzene rings is 2. The highest BCUT2D eigenvalue weighted by Gasteiger charge is 2.16. The Morgan fingerprint density at radius 1 is 1.13 bits per heavy atom. The molecule has 0 aliphatic carbocycles. The zero-order valence-electron chi connectivity index (χ0n) is 16.6. The van der Waals surface area contributed by atoms with Crippen molar-refractivity contribution in [3.05, 3.63) is 66.0 Å². The molecule has 0 unspecified atom stereocenters. The van der Waals surface area contributed by atoms with Crippen LogP contribution in [-0.4, -0.2) is 39.8 Å². The standard InChI is InChI=1S/C22H23N3O4S/c1-16(11-17-5-6-20-21(12-17)29-15-28-20)13-24-9-10-25-30(26,27)22-4-2-3-18-14-23-8-7-19(18)22/h2-8,11-12,14,24-25H,9-10,13,15H2,1H3. The number of hydrogen-bond acceptors (Lipinski definition) is 6. The summed E-state index contributed by atoms with van der Waals surface area (Å²) in [5.74, 6) is 1.51. The van der Waals surface area contributed by atoms with Crippen molar-refractivity contribution in [1.29, 1.82) is 0 Å². The Balaban J connectivity index is 1.29. The highest BCUT2D eigenvalue weighted by Crippen LogP contribution is 2.33. The van der Waals surface area contributed by atoms with Crippen molar-refractivity contribution >= 4 is 26.9 Å². The van der Waals surface area contributed by atoms with Crippen LogP contribution in [0.4, 0.5) is 0 Å². The normalized spacial score (nSPS) is 13.7. The molecule has 2 aromatic carbocycles. The zero-order valence-corrected chi connectivity index (χ0v) is 17.4. The van der Waals surface area contributed by atoms with E-state index >= 15 is 0 Å². The van der Waals surface area contributed by atoms with Crippen LogP contribution in [0.1, 0.15) is 12.5 Å². The fraction of sp³-hybridized carbons (Fsp3) is 0.227. The van der Waals surface area contributed by atoms with Crippen molar-refractivity contribution in [3.63, 3.8) is 0 Å². The minimum atomic E-state index is -3.60. The van der Waals surface area contributed by atoms with Gasteiger partial charge in [-0.25, -0.2) is 13.1 Å². The molecule has 1 aromatic heterocycles. The summed E-state index contributed by atoms with van der Waals surface area (Å²) in [4.78, 5) is 4.31. The monoisotopic (exact) mass is 425 g/mol. The summed E-state index contributed by atoms with van der Waals surface area (Å²) in [5, 5.41) is 4.71. The summed E-state index contributed by atoms with van der Waals surface area (Å²) in [6.45, 7) is 3.73. The van der Waals surface area contributed by atoms with E-state index in [9.17, 15) is 8.42 Å². The fourth-order valence-corrected chi connectivity index (χ4v) is 4.56. The quantitative estimate of drug-likeness (QED) is 0.540. The molecular weight excluding hydrogens is 402 g/mol. The van der Waals surface area contributed by atoms with Crippen LogP contribution < -0.4 is 19.5 Å². The summed E-state index contributed by atoms with van der Waals surface area (Å²) >= 11 is 0. The number of aromatic nitrogens is 1. The topological polar surface area (TPSA) is 89.5 Å². The van der Waals surface area contributed by atoms with E-state index in [1.807, 2.05) is 31.2 Å². The Morgan fingerprint density at radius 2 is 2.00 bits per heavy atom. The summed E-state index contributed by atoms with van der Waals surface area (Å²) in [6.07, 6.45) is 5.31. The molecule has 4 rings (SSSR count). The van der Waals surface area contributed by atoms with Gasteiger partial charge in [-0.2, -0.15) is 0 Å². The van der Waals surface area contributed by atoms with E-state index in [0.717, 1.165) is 28.0 Å². The molecule has 0 fully saturated rings. The third kappa shape index (κ3) is 4.62. The van der Waals surface area contributed by atoms with E-state index in [0.29, 0.717) is 25.0 Å². The van der Waals surface area contributed by atoms with Crippen LogP contribution in [0.25, 0.3) is 16.8 Å². The predicted molar refractivity (Wildman–Crippen MR) is 116 cm³/mol. The lowest BCUT2D eigenvalue weighted by Crippen LogP contribution is -2.32. The number of pyridine rings is 1. The largest absolute Gasteiger partial charge is 0.454 e. The van der Waals surface area contributed by atoms with Gasteiger partial charge in [-0.05, 0) is 36.8 Å². The van der Waals surface area contributed by atoms with Crippen LogP contribution in [0.15, 0.2) is 65.3 Å². The number of ether oxygens (including phenoxy) is 2. The number of nitrogens with one attached hydrogen (secondary N) is 2. The maximum atomic E-state index is 12.7. The van der Waals surface area contributed by atoms with E-state index in [1.165, 1.54) is 0 Å². The van der Waals surface area contributed by atoms with Crippen molar-refractivity contribution in [3.8, 4) is 11.5 Å². The first-order valence-corrected chi connectivity index (χ1v) is 11.1.